The predicted molar refractivity (Wildman–Crippen MR) is 44.7 cm³/mol. The highest BCUT2D eigenvalue weighted by atomic mass is 16.5. The molecule has 0 spiro atoms. The van der Waals surface area contributed by atoms with E-state index in [4.69, 9.17) is 4.74 Å². The number of hydrogen-bond acceptors (Lipinski definition) is 1. The molecule has 0 aliphatic heterocycles. The van der Waals surface area contributed by atoms with Gasteiger partial charge in [0, 0.05) is 0 Å². The Morgan fingerprint density at radius 3 is 2.70 bits per heavy atom. The first-order valence-corrected chi connectivity index (χ1v) is 3.40. The lowest BCUT2D eigenvalue weighted by Crippen LogP contribution is -1.84. The van der Waals surface area contributed by atoms with Gasteiger partial charge < -0.3 is 4.74 Å². The van der Waals surface area contributed by atoms with Gasteiger partial charge in [-0.2, -0.15) is 0 Å². The summed E-state index contributed by atoms with van der Waals surface area (Å²) >= 11 is 0. The summed E-state index contributed by atoms with van der Waals surface area (Å²) in [6, 6.07) is 0. The van der Waals surface area contributed by atoms with Crippen LogP contribution in [0.2, 0.25) is 0 Å². The molecule has 0 aromatic rings. The van der Waals surface area contributed by atoms with Crippen LogP contribution in [0.15, 0.2) is 36.6 Å². The average molecular weight is 138 g/mol. The molecule has 0 aromatic heterocycles. The first-order valence-electron chi connectivity index (χ1n) is 3.40. The first kappa shape index (κ1) is 9.02. The van der Waals surface area contributed by atoms with Gasteiger partial charge in [-0.15, -0.1) is 0 Å². The van der Waals surface area contributed by atoms with Gasteiger partial charge in [-0.05, 0) is 19.9 Å². The van der Waals surface area contributed by atoms with Gasteiger partial charge in [-0.1, -0.05) is 24.8 Å². The van der Waals surface area contributed by atoms with E-state index in [1.54, 1.807) is 6.08 Å². The minimum Gasteiger partial charge on any atom is -0.499 e. The van der Waals surface area contributed by atoms with Crippen molar-refractivity contribution in [2.45, 2.75) is 13.8 Å². The van der Waals surface area contributed by atoms with Crippen LogP contribution in [0.1, 0.15) is 13.8 Å². The lowest BCUT2D eigenvalue weighted by molar-refractivity contribution is 0.231. The molecule has 0 radical (unpaired) electrons. The average Bonchev–Trinajstić information content (AvgIpc) is 1.89. The molecule has 1 heteroatoms. The van der Waals surface area contributed by atoms with Crippen LogP contribution in [0.3, 0.4) is 0 Å². The van der Waals surface area contributed by atoms with Crippen LogP contribution in [-0.2, 0) is 4.74 Å². The van der Waals surface area contributed by atoms with Crippen molar-refractivity contribution in [3.8, 4) is 0 Å². The van der Waals surface area contributed by atoms with E-state index in [2.05, 4.69) is 6.58 Å². The molecule has 56 valence electrons. The SMILES string of the molecule is C=C/C=C/C=C(\C)OCC. The highest BCUT2D eigenvalue weighted by Gasteiger charge is 1.80. The van der Waals surface area contributed by atoms with Crippen LogP contribution in [0.25, 0.3) is 0 Å². The maximum atomic E-state index is 5.16. The molecule has 10 heavy (non-hydrogen) atoms. The quantitative estimate of drug-likeness (QED) is 0.428. The van der Waals surface area contributed by atoms with E-state index in [0.29, 0.717) is 0 Å². The second-order valence-corrected chi connectivity index (χ2v) is 1.83. The summed E-state index contributed by atoms with van der Waals surface area (Å²) in [5.41, 5.74) is 0. The summed E-state index contributed by atoms with van der Waals surface area (Å²) < 4.78 is 5.16. The Bertz CT molecular complexity index is 143. The van der Waals surface area contributed by atoms with Crippen LogP contribution in [0.4, 0.5) is 0 Å². The fraction of sp³-hybridized carbons (Fsp3) is 0.333. The van der Waals surface area contributed by atoms with Crippen molar-refractivity contribution >= 4 is 0 Å². The van der Waals surface area contributed by atoms with Crippen LogP contribution < -0.4 is 0 Å². The van der Waals surface area contributed by atoms with Crippen LogP contribution in [0, 0.1) is 0 Å². The predicted octanol–water partition coefficient (Wildman–Crippen LogP) is 2.67. The summed E-state index contributed by atoms with van der Waals surface area (Å²) in [4.78, 5) is 0. The van der Waals surface area contributed by atoms with Gasteiger partial charge in [0.15, 0.2) is 0 Å². The van der Waals surface area contributed by atoms with Crippen molar-refractivity contribution in [1.29, 1.82) is 0 Å². The lowest BCUT2D eigenvalue weighted by Gasteiger charge is -1.98. The molecule has 0 saturated heterocycles. The zero-order valence-electron chi connectivity index (χ0n) is 6.63. The Hall–Kier alpha value is -0.980. The van der Waals surface area contributed by atoms with Crippen molar-refractivity contribution in [3.05, 3.63) is 36.6 Å². The standard InChI is InChI=1S/C9H14O/c1-4-6-7-8-9(3)10-5-2/h4,6-8H,1,5H2,2-3H3/b7-6+,9-8+. The summed E-state index contributed by atoms with van der Waals surface area (Å²) in [6.07, 6.45) is 7.40. The van der Waals surface area contributed by atoms with E-state index in [1.807, 2.05) is 32.1 Å². The molecule has 0 aliphatic carbocycles. The summed E-state index contributed by atoms with van der Waals surface area (Å²) in [7, 11) is 0. The normalized spacial score (nSPS) is 12.0. The Kier molecular flexibility index (Phi) is 5.54. The molecule has 0 atom stereocenters. The first-order chi connectivity index (χ1) is 4.81. The molecule has 0 aliphatic rings. The highest BCUT2D eigenvalue weighted by Crippen LogP contribution is 1.94. The van der Waals surface area contributed by atoms with E-state index in [-0.39, 0.29) is 0 Å². The van der Waals surface area contributed by atoms with Crippen LogP contribution in [-0.4, -0.2) is 6.61 Å². The second-order valence-electron chi connectivity index (χ2n) is 1.83. The molecule has 0 heterocycles. The lowest BCUT2D eigenvalue weighted by atomic mass is 10.4. The molecule has 0 aromatic carbocycles. The van der Waals surface area contributed by atoms with E-state index in [0.717, 1.165) is 12.4 Å². The van der Waals surface area contributed by atoms with Gasteiger partial charge in [-0.25, -0.2) is 0 Å². The van der Waals surface area contributed by atoms with E-state index in [1.165, 1.54) is 0 Å². The Balaban J connectivity index is 3.67. The largest absolute Gasteiger partial charge is 0.499 e. The van der Waals surface area contributed by atoms with Crippen LogP contribution >= 0.6 is 0 Å². The molecule has 0 N–H and O–H groups in total. The Morgan fingerprint density at radius 1 is 1.50 bits per heavy atom. The number of allylic oxidation sites excluding steroid dienone is 5. The molecule has 0 rings (SSSR count). The summed E-state index contributed by atoms with van der Waals surface area (Å²) in [6.45, 7) is 8.17. The molecule has 0 amide bonds. The number of ether oxygens (including phenoxy) is 1. The monoisotopic (exact) mass is 138 g/mol. The zero-order chi connectivity index (χ0) is 7.82. The molecule has 0 saturated carbocycles. The van der Waals surface area contributed by atoms with Gasteiger partial charge >= 0.3 is 0 Å². The van der Waals surface area contributed by atoms with Gasteiger partial charge in [-0.3, -0.25) is 0 Å². The van der Waals surface area contributed by atoms with Crippen LogP contribution in [0.5, 0.6) is 0 Å². The summed E-state index contributed by atoms with van der Waals surface area (Å²) in [5, 5.41) is 0. The minimum absolute atomic E-state index is 0.726. The number of rotatable bonds is 4. The van der Waals surface area contributed by atoms with E-state index >= 15 is 0 Å². The van der Waals surface area contributed by atoms with Crippen molar-refractivity contribution in [3.63, 3.8) is 0 Å². The highest BCUT2D eigenvalue weighted by molar-refractivity contribution is 5.10. The minimum atomic E-state index is 0.726. The Morgan fingerprint density at radius 2 is 2.20 bits per heavy atom. The van der Waals surface area contributed by atoms with Gasteiger partial charge in [0.1, 0.15) is 0 Å². The zero-order valence-corrected chi connectivity index (χ0v) is 6.63. The molecule has 0 unspecified atom stereocenters. The smallest absolute Gasteiger partial charge is 0.0928 e. The maximum absolute atomic E-state index is 5.16. The third-order valence-electron chi connectivity index (χ3n) is 0.950. The summed E-state index contributed by atoms with van der Waals surface area (Å²) in [5.74, 6) is 0.931. The molecule has 1 nitrogen and oxygen atoms in total. The fourth-order valence-corrected chi connectivity index (χ4v) is 0.545. The second kappa shape index (κ2) is 6.14. The fourth-order valence-electron chi connectivity index (χ4n) is 0.545. The third kappa shape index (κ3) is 5.16. The van der Waals surface area contributed by atoms with E-state index < -0.39 is 0 Å². The van der Waals surface area contributed by atoms with E-state index in [9.17, 15) is 0 Å². The van der Waals surface area contributed by atoms with Gasteiger partial charge in [0.25, 0.3) is 0 Å². The van der Waals surface area contributed by atoms with Crippen molar-refractivity contribution in [2.24, 2.45) is 0 Å². The topological polar surface area (TPSA) is 9.23 Å². The third-order valence-corrected chi connectivity index (χ3v) is 0.950. The molecular weight excluding hydrogens is 124 g/mol. The molecule has 0 fully saturated rings. The Labute approximate surface area is 62.7 Å². The number of hydrogen-bond donors (Lipinski definition) is 0. The maximum Gasteiger partial charge on any atom is 0.0928 e. The van der Waals surface area contributed by atoms with Crippen molar-refractivity contribution in [2.75, 3.05) is 6.61 Å². The van der Waals surface area contributed by atoms with Gasteiger partial charge in [0.05, 0.1) is 12.4 Å². The van der Waals surface area contributed by atoms with Crippen molar-refractivity contribution < 1.29 is 4.74 Å². The van der Waals surface area contributed by atoms with Gasteiger partial charge in [0.2, 0.25) is 0 Å². The van der Waals surface area contributed by atoms with Crippen molar-refractivity contribution in [1.82, 2.24) is 0 Å². The molecular formula is C9H14O. The molecule has 0 bridgehead atoms.